The summed E-state index contributed by atoms with van der Waals surface area (Å²) in [5.74, 6) is -0.360. The van der Waals surface area contributed by atoms with E-state index in [-0.39, 0.29) is 11.6 Å². The van der Waals surface area contributed by atoms with E-state index in [1.807, 2.05) is 13.8 Å². The van der Waals surface area contributed by atoms with Crippen molar-refractivity contribution in [2.24, 2.45) is 0 Å². The van der Waals surface area contributed by atoms with Crippen LogP contribution in [0.25, 0.3) is 5.69 Å². The molecule has 1 heterocycles. The highest BCUT2D eigenvalue weighted by Gasteiger charge is 2.18. The number of aromatic nitrogens is 3. The Bertz CT molecular complexity index is 548. The molecule has 0 bridgehead atoms. The van der Waals surface area contributed by atoms with Gasteiger partial charge in [-0.05, 0) is 18.1 Å². The number of hydrogen-bond acceptors (Lipinski definition) is 3. The first-order valence-electron chi connectivity index (χ1n) is 5.30. The van der Waals surface area contributed by atoms with Crippen molar-refractivity contribution in [1.82, 2.24) is 15.0 Å². The smallest absolute Gasteiger partial charge is 0.172 e. The molecule has 1 aromatic carbocycles. The van der Waals surface area contributed by atoms with Crippen molar-refractivity contribution < 1.29 is 9.18 Å². The van der Waals surface area contributed by atoms with Gasteiger partial charge in [0.1, 0.15) is 17.2 Å². The zero-order valence-electron chi connectivity index (χ0n) is 9.59. The monoisotopic (exact) mass is 233 g/mol. The minimum Gasteiger partial charge on any atom is -0.296 e. The number of halogens is 1. The molecule has 0 atom stereocenters. The highest BCUT2D eigenvalue weighted by molar-refractivity contribution is 5.73. The number of hydrogen-bond donors (Lipinski definition) is 0. The summed E-state index contributed by atoms with van der Waals surface area (Å²) in [6, 6.07) is 6.27. The first-order chi connectivity index (χ1) is 8.15. The fourth-order valence-electron chi connectivity index (χ4n) is 1.73. The normalized spacial score (nSPS) is 10.8. The van der Waals surface area contributed by atoms with Gasteiger partial charge in [-0.3, -0.25) is 4.79 Å². The number of para-hydroxylation sites is 1. The van der Waals surface area contributed by atoms with E-state index in [9.17, 15) is 9.18 Å². The molecule has 2 rings (SSSR count). The van der Waals surface area contributed by atoms with E-state index in [1.54, 1.807) is 18.2 Å². The molecular weight excluding hydrogens is 221 g/mol. The Hall–Kier alpha value is -2.04. The van der Waals surface area contributed by atoms with E-state index < -0.39 is 5.82 Å². The molecule has 0 fully saturated rings. The third kappa shape index (κ3) is 1.95. The lowest BCUT2D eigenvalue weighted by Crippen LogP contribution is -2.07. The topological polar surface area (TPSA) is 47.8 Å². The van der Waals surface area contributed by atoms with Gasteiger partial charge in [-0.2, -0.15) is 0 Å². The fourth-order valence-corrected chi connectivity index (χ4v) is 1.73. The average molecular weight is 233 g/mol. The highest BCUT2D eigenvalue weighted by Crippen LogP contribution is 2.21. The van der Waals surface area contributed by atoms with Crippen LogP contribution in [-0.4, -0.2) is 21.3 Å². The maximum absolute atomic E-state index is 13.7. The van der Waals surface area contributed by atoms with Crippen LogP contribution >= 0.6 is 0 Å². The largest absolute Gasteiger partial charge is 0.296 e. The van der Waals surface area contributed by atoms with Crippen molar-refractivity contribution in [3.8, 4) is 5.69 Å². The van der Waals surface area contributed by atoms with Crippen molar-refractivity contribution in [2.45, 2.75) is 19.8 Å². The summed E-state index contributed by atoms with van der Waals surface area (Å²) < 4.78 is 15.0. The molecule has 0 saturated heterocycles. The SMILES string of the molecule is CC(C)c1c(C=O)nnn1-c1ccccc1F. The summed E-state index contributed by atoms with van der Waals surface area (Å²) in [6.45, 7) is 3.81. The lowest BCUT2D eigenvalue weighted by atomic mass is 10.1. The Morgan fingerprint density at radius 2 is 2.06 bits per heavy atom. The van der Waals surface area contributed by atoms with Gasteiger partial charge in [-0.15, -0.1) is 5.10 Å². The number of rotatable bonds is 3. The zero-order chi connectivity index (χ0) is 12.4. The minimum absolute atomic E-state index is 0.0322. The standard InChI is InChI=1S/C12H12FN3O/c1-8(2)12-10(7-17)14-15-16(12)11-6-4-3-5-9(11)13/h3-8H,1-2H3. The molecule has 0 aliphatic carbocycles. The maximum Gasteiger partial charge on any atom is 0.172 e. The third-order valence-electron chi connectivity index (χ3n) is 2.47. The Kier molecular flexibility index (Phi) is 2.99. The second-order valence-electron chi connectivity index (χ2n) is 4.00. The van der Waals surface area contributed by atoms with Crippen LogP contribution < -0.4 is 0 Å². The van der Waals surface area contributed by atoms with Gasteiger partial charge >= 0.3 is 0 Å². The third-order valence-corrected chi connectivity index (χ3v) is 2.47. The zero-order valence-corrected chi connectivity index (χ0v) is 9.59. The van der Waals surface area contributed by atoms with Gasteiger partial charge in [0.25, 0.3) is 0 Å². The van der Waals surface area contributed by atoms with Crippen LogP contribution in [-0.2, 0) is 0 Å². The van der Waals surface area contributed by atoms with Crippen molar-refractivity contribution >= 4 is 6.29 Å². The van der Waals surface area contributed by atoms with Crippen LogP contribution in [0.2, 0.25) is 0 Å². The average Bonchev–Trinajstić information content (AvgIpc) is 2.73. The van der Waals surface area contributed by atoms with E-state index in [2.05, 4.69) is 10.3 Å². The van der Waals surface area contributed by atoms with E-state index in [0.717, 1.165) is 0 Å². The predicted molar refractivity (Wildman–Crippen MR) is 60.8 cm³/mol. The van der Waals surface area contributed by atoms with E-state index in [4.69, 9.17) is 0 Å². The van der Waals surface area contributed by atoms with Gasteiger partial charge in [-0.1, -0.05) is 31.2 Å². The molecule has 17 heavy (non-hydrogen) atoms. The number of carbonyl (C=O) groups is 1. The Balaban J connectivity index is 2.64. The number of aldehydes is 1. The van der Waals surface area contributed by atoms with Crippen molar-refractivity contribution in [3.05, 3.63) is 41.5 Å². The Labute approximate surface area is 98.1 Å². The summed E-state index contributed by atoms with van der Waals surface area (Å²) in [6.07, 6.45) is 0.639. The van der Waals surface area contributed by atoms with E-state index in [1.165, 1.54) is 10.7 Å². The van der Waals surface area contributed by atoms with Crippen molar-refractivity contribution in [2.75, 3.05) is 0 Å². The molecule has 88 valence electrons. The van der Waals surface area contributed by atoms with E-state index in [0.29, 0.717) is 17.7 Å². The number of carbonyl (C=O) groups excluding carboxylic acids is 1. The van der Waals surface area contributed by atoms with Gasteiger partial charge in [0, 0.05) is 0 Å². The second kappa shape index (κ2) is 4.45. The summed E-state index contributed by atoms with van der Waals surface area (Å²) in [5.41, 5.74) is 1.17. The quantitative estimate of drug-likeness (QED) is 0.764. The molecule has 0 amide bonds. The summed E-state index contributed by atoms with van der Waals surface area (Å²) in [7, 11) is 0. The van der Waals surface area contributed by atoms with Crippen LogP contribution in [0.4, 0.5) is 4.39 Å². The van der Waals surface area contributed by atoms with Crippen LogP contribution in [0.3, 0.4) is 0 Å². The highest BCUT2D eigenvalue weighted by atomic mass is 19.1. The van der Waals surface area contributed by atoms with Gasteiger partial charge in [0.15, 0.2) is 6.29 Å². The predicted octanol–water partition coefficient (Wildman–Crippen LogP) is 2.34. The maximum atomic E-state index is 13.7. The van der Waals surface area contributed by atoms with Gasteiger partial charge in [-0.25, -0.2) is 9.07 Å². The fraction of sp³-hybridized carbons (Fsp3) is 0.250. The number of benzene rings is 1. The molecular formula is C12H12FN3O. The lowest BCUT2D eigenvalue weighted by molar-refractivity contribution is 0.111. The first-order valence-corrected chi connectivity index (χ1v) is 5.30. The first kappa shape index (κ1) is 11.4. The van der Waals surface area contributed by atoms with Gasteiger partial charge in [0.2, 0.25) is 0 Å². The van der Waals surface area contributed by atoms with Crippen LogP contribution in [0.1, 0.15) is 35.9 Å². The molecule has 0 aliphatic rings. The molecule has 0 unspecified atom stereocenters. The van der Waals surface area contributed by atoms with Gasteiger partial charge in [0.05, 0.1) is 5.69 Å². The van der Waals surface area contributed by atoms with Crippen molar-refractivity contribution in [3.63, 3.8) is 0 Å². The summed E-state index contributed by atoms with van der Waals surface area (Å²) >= 11 is 0. The lowest BCUT2D eigenvalue weighted by Gasteiger charge is -2.09. The summed E-state index contributed by atoms with van der Waals surface area (Å²) in [5, 5.41) is 7.59. The molecule has 5 heteroatoms. The molecule has 1 aromatic heterocycles. The molecule has 0 aliphatic heterocycles. The minimum atomic E-state index is -0.392. The molecule has 4 nitrogen and oxygen atoms in total. The van der Waals surface area contributed by atoms with Crippen LogP contribution in [0.5, 0.6) is 0 Å². The molecule has 0 saturated carbocycles. The molecule has 0 radical (unpaired) electrons. The van der Waals surface area contributed by atoms with E-state index >= 15 is 0 Å². The number of nitrogens with zero attached hydrogens (tertiary/aromatic N) is 3. The molecule has 0 N–H and O–H groups in total. The van der Waals surface area contributed by atoms with Crippen LogP contribution in [0.15, 0.2) is 24.3 Å². The Morgan fingerprint density at radius 3 is 2.65 bits per heavy atom. The van der Waals surface area contributed by atoms with Crippen LogP contribution in [0, 0.1) is 5.82 Å². The van der Waals surface area contributed by atoms with Crippen molar-refractivity contribution in [1.29, 1.82) is 0 Å². The Morgan fingerprint density at radius 1 is 1.35 bits per heavy atom. The molecule has 0 spiro atoms. The molecule has 2 aromatic rings. The second-order valence-corrected chi connectivity index (χ2v) is 4.00. The van der Waals surface area contributed by atoms with Gasteiger partial charge < -0.3 is 0 Å². The summed E-state index contributed by atoms with van der Waals surface area (Å²) in [4.78, 5) is 10.9.